The lowest BCUT2D eigenvalue weighted by Gasteiger charge is -2.09. The maximum atomic E-state index is 11.9. The molecule has 0 aliphatic heterocycles. The van der Waals surface area contributed by atoms with Gasteiger partial charge in [-0.2, -0.15) is 12.6 Å². The van der Waals surface area contributed by atoms with Crippen LogP contribution in [0, 0.1) is 5.92 Å². The summed E-state index contributed by atoms with van der Waals surface area (Å²) in [6.45, 7) is 1.87. The third-order valence-electron chi connectivity index (χ3n) is 2.23. The average Bonchev–Trinajstić information content (AvgIpc) is 2.28. The van der Waals surface area contributed by atoms with Gasteiger partial charge in [0.25, 0.3) is 0 Å². The molecule has 0 bridgehead atoms. The van der Waals surface area contributed by atoms with Crippen LogP contribution >= 0.6 is 12.6 Å². The topological polar surface area (TPSA) is 43.4 Å². The molecular formula is C11H16O3S2. The molecule has 1 aromatic carbocycles. The summed E-state index contributed by atoms with van der Waals surface area (Å²) in [5.74, 6) is 1.40. The average molecular weight is 260 g/mol. The van der Waals surface area contributed by atoms with Crippen molar-refractivity contribution in [3.05, 3.63) is 24.3 Å². The minimum absolute atomic E-state index is 0.0513. The van der Waals surface area contributed by atoms with Gasteiger partial charge in [0, 0.05) is 0 Å². The number of benzene rings is 1. The Balaban J connectivity index is 2.90. The van der Waals surface area contributed by atoms with E-state index in [1.807, 2.05) is 6.92 Å². The Morgan fingerprint density at radius 2 is 1.88 bits per heavy atom. The molecule has 90 valence electrons. The monoisotopic (exact) mass is 260 g/mol. The van der Waals surface area contributed by atoms with Crippen molar-refractivity contribution in [2.24, 2.45) is 5.92 Å². The summed E-state index contributed by atoms with van der Waals surface area (Å²) in [5.41, 5.74) is 0. The van der Waals surface area contributed by atoms with E-state index in [2.05, 4.69) is 12.6 Å². The van der Waals surface area contributed by atoms with Crippen molar-refractivity contribution in [3.8, 4) is 5.75 Å². The number of hydrogen-bond acceptors (Lipinski definition) is 4. The molecule has 5 heteroatoms. The van der Waals surface area contributed by atoms with Crippen LogP contribution in [0.2, 0.25) is 0 Å². The van der Waals surface area contributed by atoms with Gasteiger partial charge < -0.3 is 4.74 Å². The van der Waals surface area contributed by atoms with Gasteiger partial charge in [-0.05, 0) is 35.9 Å². The van der Waals surface area contributed by atoms with Crippen LogP contribution in [0.25, 0.3) is 0 Å². The molecule has 0 unspecified atom stereocenters. The molecule has 0 aliphatic rings. The summed E-state index contributed by atoms with van der Waals surface area (Å²) < 4.78 is 28.8. The van der Waals surface area contributed by atoms with E-state index in [0.717, 1.165) is 0 Å². The number of ether oxygens (including phenoxy) is 1. The molecule has 0 radical (unpaired) electrons. The van der Waals surface area contributed by atoms with E-state index in [1.165, 1.54) is 0 Å². The first-order valence-electron chi connectivity index (χ1n) is 4.97. The maximum absolute atomic E-state index is 11.9. The Kier molecular flexibility index (Phi) is 4.68. The maximum Gasteiger partial charge on any atom is 0.178 e. The second kappa shape index (κ2) is 5.59. The molecule has 0 saturated carbocycles. The quantitative estimate of drug-likeness (QED) is 0.824. The summed E-state index contributed by atoms with van der Waals surface area (Å²) in [6, 6.07) is 6.44. The van der Waals surface area contributed by atoms with Crippen LogP contribution < -0.4 is 4.74 Å². The number of methoxy groups -OCH3 is 1. The molecule has 3 nitrogen and oxygen atoms in total. The van der Waals surface area contributed by atoms with E-state index < -0.39 is 9.84 Å². The summed E-state index contributed by atoms with van der Waals surface area (Å²) in [7, 11) is -1.65. The summed E-state index contributed by atoms with van der Waals surface area (Å²) in [4.78, 5) is 0.335. The molecule has 0 saturated heterocycles. The fourth-order valence-electron chi connectivity index (χ4n) is 1.31. The van der Waals surface area contributed by atoms with Crippen LogP contribution in [-0.2, 0) is 9.84 Å². The number of rotatable bonds is 5. The molecular weight excluding hydrogens is 244 g/mol. The first kappa shape index (κ1) is 13.4. The smallest absolute Gasteiger partial charge is 0.178 e. The molecule has 0 amide bonds. The van der Waals surface area contributed by atoms with Gasteiger partial charge in [-0.3, -0.25) is 0 Å². The normalized spacial score (nSPS) is 13.4. The van der Waals surface area contributed by atoms with Crippen LogP contribution in [-0.4, -0.2) is 27.0 Å². The van der Waals surface area contributed by atoms with Gasteiger partial charge >= 0.3 is 0 Å². The molecule has 0 N–H and O–H groups in total. The molecule has 0 aromatic heterocycles. The first-order valence-corrected chi connectivity index (χ1v) is 7.25. The highest BCUT2D eigenvalue weighted by Gasteiger charge is 2.17. The van der Waals surface area contributed by atoms with Gasteiger partial charge in [-0.25, -0.2) is 8.42 Å². The van der Waals surface area contributed by atoms with Gasteiger partial charge in [0.05, 0.1) is 17.8 Å². The molecule has 1 aromatic rings. The van der Waals surface area contributed by atoms with Crippen molar-refractivity contribution in [2.75, 3.05) is 18.6 Å². The zero-order valence-corrected chi connectivity index (χ0v) is 11.1. The molecule has 0 spiro atoms. The van der Waals surface area contributed by atoms with Crippen molar-refractivity contribution in [1.82, 2.24) is 0 Å². The minimum atomic E-state index is -3.20. The fourth-order valence-corrected chi connectivity index (χ4v) is 3.22. The van der Waals surface area contributed by atoms with Crippen LogP contribution in [0.3, 0.4) is 0 Å². The zero-order valence-electron chi connectivity index (χ0n) is 9.38. The largest absolute Gasteiger partial charge is 0.497 e. The van der Waals surface area contributed by atoms with Crippen LogP contribution in [0.4, 0.5) is 0 Å². The zero-order chi connectivity index (χ0) is 12.2. The Morgan fingerprint density at radius 1 is 1.31 bits per heavy atom. The number of hydrogen-bond donors (Lipinski definition) is 1. The predicted molar refractivity (Wildman–Crippen MR) is 68.1 cm³/mol. The van der Waals surface area contributed by atoms with E-state index >= 15 is 0 Å². The highest BCUT2D eigenvalue weighted by Crippen LogP contribution is 2.18. The Morgan fingerprint density at radius 3 is 2.31 bits per heavy atom. The third kappa shape index (κ3) is 3.42. The van der Waals surface area contributed by atoms with Crippen LogP contribution in [0.1, 0.15) is 6.92 Å². The summed E-state index contributed by atoms with van der Waals surface area (Å²) >= 11 is 4.09. The van der Waals surface area contributed by atoms with Gasteiger partial charge in [0.1, 0.15) is 5.75 Å². The van der Waals surface area contributed by atoms with Gasteiger partial charge in [-0.1, -0.05) is 6.92 Å². The Bertz CT molecular complexity index is 423. The highest BCUT2D eigenvalue weighted by atomic mass is 32.2. The van der Waals surface area contributed by atoms with E-state index in [-0.39, 0.29) is 11.7 Å². The van der Waals surface area contributed by atoms with Crippen LogP contribution in [0.15, 0.2) is 29.2 Å². The van der Waals surface area contributed by atoms with E-state index in [1.54, 1.807) is 31.4 Å². The molecule has 16 heavy (non-hydrogen) atoms. The van der Waals surface area contributed by atoms with Gasteiger partial charge in [0.2, 0.25) is 0 Å². The first-order chi connectivity index (χ1) is 7.49. The Labute approximate surface area is 102 Å². The number of thiol groups is 1. The minimum Gasteiger partial charge on any atom is -0.497 e. The lowest BCUT2D eigenvalue weighted by molar-refractivity contribution is 0.414. The molecule has 0 aliphatic carbocycles. The SMILES string of the molecule is COc1ccc(S(=O)(=O)C[C@H](C)CS)cc1. The van der Waals surface area contributed by atoms with E-state index in [9.17, 15) is 8.42 Å². The fraction of sp³-hybridized carbons (Fsp3) is 0.455. The predicted octanol–water partition coefficient (Wildman–Crippen LogP) is 2.03. The van der Waals surface area contributed by atoms with Crippen molar-refractivity contribution < 1.29 is 13.2 Å². The van der Waals surface area contributed by atoms with Crippen molar-refractivity contribution in [3.63, 3.8) is 0 Å². The van der Waals surface area contributed by atoms with E-state index in [0.29, 0.717) is 16.4 Å². The standard InChI is InChI=1S/C11H16O3S2/c1-9(7-15)8-16(12,13)11-5-3-10(14-2)4-6-11/h3-6,9,15H,7-8H2,1-2H3/t9-/m1/s1. The van der Waals surface area contributed by atoms with Gasteiger partial charge in [-0.15, -0.1) is 0 Å². The second-order valence-corrected chi connectivity index (χ2v) is 6.14. The molecule has 1 atom stereocenters. The highest BCUT2D eigenvalue weighted by molar-refractivity contribution is 7.91. The van der Waals surface area contributed by atoms with E-state index in [4.69, 9.17) is 4.74 Å². The van der Waals surface area contributed by atoms with Crippen molar-refractivity contribution in [2.45, 2.75) is 11.8 Å². The summed E-state index contributed by atoms with van der Waals surface area (Å²) in [6.07, 6.45) is 0. The third-order valence-corrected chi connectivity index (χ3v) is 4.86. The Hall–Kier alpha value is -0.680. The lowest BCUT2D eigenvalue weighted by Crippen LogP contribution is -2.15. The second-order valence-electron chi connectivity index (χ2n) is 3.74. The molecule has 0 fully saturated rings. The van der Waals surface area contributed by atoms with Gasteiger partial charge in [0.15, 0.2) is 9.84 Å². The molecule has 0 heterocycles. The summed E-state index contributed by atoms with van der Waals surface area (Å²) in [5, 5.41) is 0. The van der Waals surface area contributed by atoms with Crippen molar-refractivity contribution in [1.29, 1.82) is 0 Å². The number of sulfone groups is 1. The molecule has 1 rings (SSSR count). The van der Waals surface area contributed by atoms with Crippen molar-refractivity contribution >= 4 is 22.5 Å². The lowest BCUT2D eigenvalue weighted by atomic mass is 10.3. The van der Waals surface area contributed by atoms with Crippen LogP contribution in [0.5, 0.6) is 5.75 Å².